The van der Waals surface area contributed by atoms with Gasteiger partial charge < -0.3 is 14.0 Å². The average Bonchev–Trinajstić information content (AvgIpc) is 2.98. The summed E-state index contributed by atoms with van der Waals surface area (Å²) in [6.45, 7) is 9.19. The fourth-order valence-electron chi connectivity index (χ4n) is 2.53. The molecule has 0 saturated carbocycles. The first-order valence-corrected chi connectivity index (χ1v) is 8.53. The summed E-state index contributed by atoms with van der Waals surface area (Å²) in [5.74, 6) is -0.387. The van der Waals surface area contributed by atoms with Gasteiger partial charge in [-0.05, 0) is 41.0 Å². The molecule has 0 atom stereocenters. The van der Waals surface area contributed by atoms with E-state index in [4.69, 9.17) is 14.0 Å². The standard InChI is InChI=1S/C16H24BF3N2O4/c1-6-24-12(23)8-7-9-22-10-11(13(21-22)16(18,19)20)17-25-14(2,3)15(4,5)26-17/h10H,6-9H2,1-5H3. The van der Waals surface area contributed by atoms with Crippen LogP contribution in [0.1, 0.15) is 53.2 Å². The maximum atomic E-state index is 13.4. The van der Waals surface area contributed by atoms with Gasteiger partial charge in [-0.25, -0.2) is 0 Å². The highest BCUT2D eigenvalue weighted by Crippen LogP contribution is 2.37. The van der Waals surface area contributed by atoms with Gasteiger partial charge in [-0.2, -0.15) is 18.3 Å². The molecule has 1 aromatic rings. The van der Waals surface area contributed by atoms with Gasteiger partial charge in [-0.15, -0.1) is 0 Å². The van der Waals surface area contributed by atoms with Gasteiger partial charge in [-0.1, -0.05) is 0 Å². The lowest BCUT2D eigenvalue weighted by Gasteiger charge is -2.32. The Morgan fingerprint density at radius 1 is 1.27 bits per heavy atom. The molecule has 1 saturated heterocycles. The Morgan fingerprint density at radius 2 is 1.85 bits per heavy atom. The van der Waals surface area contributed by atoms with Crippen LogP contribution in [-0.2, 0) is 31.6 Å². The van der Waals surface area contributed by atoms with Crippen molar-refractivity contribution in [3.63, 3.8) is 0 Å². The van der Waals surface area contributed by atoms with Crippen LogP contribution in [0.15, 0.2) is 6.20 Å². The van der Waals surface area contributed by atoms with Crippen LogP contribution in [0.2, 0.25) is 0 Å². The van der Waals surface area contributed by atoms with E-state index >= 15 is 0 Å². The SMILES string of the molecule is CCOC(=O)CCCn1cc(B2OC(C)(C)C(C)(C)O2)c(C(F)(F)F)n1. The molecule has 1 aliphatic rings. The van der Waals surface area contributed by atoms with Gasteiger partial charge in [0.2, 0.25) is 0 Å². The number of hydrogen-bond donors (Lipinski definition) is 0. The van der Waals surface area contributed by atoms with E-state index in [2.05, 4.69) is 5.10 Å². The minimum atomic E-state index is -4.63. The zero-order valence-corrected chi connectivity index (χ0v) is 15.6. The van der Waals surface area contributed by atoms with E-state index < -0.39 is 30.2 Å². The van der Waals surface area contributed by atoms with Crippen LogP contribution in [0.25, 0.3) is 0 Å². The monoisotopic (exact) mass is 376 g/mol. The molecule has 0 bridgehead atoms. The van der Waals surface area contributed by atoms with E-state index in [1.54, 1.807) is 34.6 Å². The molecule has 0 aliphatic carbocycles. The second-order valence-corrected chi connectivity index (χ2v) is 7.19. The molecule has 2 heterocycles. The third-order valence-electron chi connectivity index (χ3n) is 4.64. The summed E-state index contributed by atoms with van der Waals surface area (Å²) in [4.78, 5) is 11.3. The van der Waals surface area contributed by atoms with Crippen molar-refractivity contribution in [2.24, 2.45) is 0 Å². The van der Waals surface area contributed by atoms with Gasteiger partial charge in [0, 0.05) is 24.6 Å². The number of alkyl halides is 3. The lowest BCUT2D eigenvalue weighted by molar-refractivity contribution is -0.143. The third-order valence-corrected chi connectivity index (χ3v) is 4.64. The lowest BCUT2D eigenvalue weighted by Crippen LogP contribution is -2.41. The second kappa shape index (κ2) is 7.23. The number of aryl methyl sites for hydroxylation is 1. The molecule has 26 heavy (non-hydrogen) atoms. The zero-order valence-electron chi connectivity index (χ0n) is 15.6. The zero-order chi connectivity index (χ0) is 19.8. The van der Waals surface area contributed by atoms with E-state index in [1.165, 1.54) is 10.9 Å². The first-order chi connectivity index (χ1) is 11.9. The molecular weight excluding hydrogens is 352 g/mol. The number of nitrogens with zero attached hydrogens (tertiary/aromatic N) is 2. The number of rotatable bonds is 6. The van der Waals surface area contributed by atoms with Crippen molar-refractivity contribution in [3.8, 4) is 0 Å². The second-order valence-electron chi connectivity index (χ2n) is 7.19. The van der Waals surface area contributed by atoms with Gasteiger partial charge >= 0.3 is 19.3 Å². The van der Waals surface area contributed by atoms with Crippen molar-refractivity contribution in [3.05, 3.63) is 11.9 Å². The number of carbonyl (C=O) groups is 1. The molecule has 1 fully saturated rings. The fourth-order valence-corrected chi connectivity index (χ4v) is 2.53. The Bertz CT molecular complexity index is 642. The smallest absolute Gasteiger partial charge is 0.466 e. The molecule has 2 rings (SSSR count). The molecule has 146 valence electrons. The van der Waals surface area contributed by atoms with E-state index in [1.807, 2.05) is 0 Å². The maximum Gasteiger partial charge on any atom is 0.498 e. The molecule has 0 unspecified atom stereocenters. The summed E-state index contributed by atoms with van der Waals surface area (Å²) in [6, 6.07) is 0. The minimum absolute atomic E-state index is 0.112. The van der Waals surface area contributed by atoms with Crippen LogP contribution in [0, 0.1) is 0 Å². The highest BCUT2D eigenvalue weighted by molar-refractivity contribution is 6.62. The normalized spacial score (nSPS) is 19.0. The van der Waals surface area contributed by atoms with Gasteiger partial charge in [0.05, 0.1) is 17.8 Å². The average molecular weight is 376 g/mol. The summed E-state index contributed by atoms with van der Waals surface area (Å²) in [5, 5.41) is 3.64. The molecule has 0 spiro atoms. The van der Waals surface area contributed by atoms with Gasteiger partial charge in [0.15, 0.2) is 5.69 Å². The topological polar surface area (TPSA) is 62.6 Å². The van der Waals surface area contributed by atoms with E-state index in [0.717, 1.165) is 0 Å². The van der Waals surface area contributed by atoms with E-state index in [9.17, 15) is 18.0 Å². The highest BCUT2D eigenvalue weighted by atomic mass is 19.4. The molecule has 6 nitrogen and oxygen atoms in total. The highest BCUT2D eigenvalue weighted by Gasteiger charge is 2.54. The van der Waals surface area contributed by atoms with Crippen LogP contribution in [-0.4, -0.2) is 40.7 Å². The Morgan fingerprint density at radius 3 is 2.35 bits per heavy atom. The first-order valence-electron chi connectivity index (χ1n) is 8.53. The number of aromatic nitrogens is 2. The predicted octanol–water partition coefficient (Wildman–Crippen LogP) is 2.54. The van der Waals surface area contributed by atoms with Crippen LogP contribution in [0.5, 0.6) is 0 Å². The molecule has 1 aliphatic heterocycles. The maximum absolute atomic E-state index is 13.4. The lowest BCUT2D eigenvalue weighted by atomic mass is 9.79. The van der Waals surface area contributed by atoms with Gasteiger partial charge in [0.1, 0.15) is 0 Å². The van der Waals surface area contributed by atoms with Gasteiger partial charge in [-0.3, -0.25) is 9.48 Å². The Labute approximate surface area is 151 Å². The summed E-state index contributed by atoms with van der Waals surface area (Å²) in [7, 11) is -1.16. The van der Waals surface area contributed by atoms with Crippen molar-refractivity contribution < 1.29 is 32.0 Å². The fraction of sp³-hybridized carbons (Fsp3) is 0.750. The van der Waals surface area contributed by atoms with Gasteiger partial charge in [0.25, 0.3) is 0 Å². The molecule has 10 heteroatoms. The molecule has 0 radical (unpaired) electrons. The van der Waals surface area contributed by atoms with Crippen LogP contribution < -0.4 is 5.46 Å². The number of halogens is 3. The van der Waals surface area contributed by atoms with Crippen molar-refractivity contribution in [1.29, 1.82) is 0 Å². The molecule has 1 aromatic heterocycles. The summed E-state index contributed by atoms with van der Waals surface area (Å²) in [6.07, 6.45) is -2.93. The summed E-state index contributed by atoms with van der Waals surface area (Å²) >= 11 is 0. The van der Waals surface area contributed by atoms with Crippen molar-refractivity contribution in [1.82, 2.24) is 9.78 Å². The number of esters is 1. The Hall–Kier alpha value is -1.55. The predicted molar refractivity (Wildman–Crippen MR) is 88.8 cm³/mol. The largest absolute Gasteiger partial charge is 0.498 e. The Balaban J connectivity index is 2.18. The summed E-state index contributed by atoms with van der Waals surface area (Å²) in [5.41, 5.74) is -2.71. The quantitative estimate of drug-likeness (QED) is 0.564. The third kappa shape index (κ3) is 4.40. The van der Waals surface area contributed by atoms with E-state index in [-0.39, 0.29) is 31.0 Å². The number of hydrogen-bond acceptors (Lipinski definition) is 5. The summed E-state index contributed by atoms with van der Waals surface area (Å²) < 4.78 is 57.6. The van der Waals surface area contributed by atoms with E-state index in [0.29, 0.717) is 6.42 Å². The van der Waals surface area contributed by atoms with Crippen molar-refractivity contribution in [2.45, 2.75) is 71.4 Å². The number of ether oxygens (including phenoxy) is 1. The Kier molecular flexibility index (Phi) is 5.77. The minimum Gasteiger partial charge on any atom is -0.466 e. The molecule has 0 amide bonds. The first kappa shape index (κ1) is 20.8. The van der Waals surface area contributed by atoms with Crippen LogP contribution >= 0.6 is 0 Å². The molecule has 0 N–H and O–H groups in total. The van der Waals surface area contributed by atoms with Crippen LogP contribution in [0.3, 0.4) is 0 Å². The molecule has 0 aromatic carbocycles. The van der Waals surface area contributed by atoms with Crippen molar-refractivity contribution >= 4 is 18.6 Å². The molecular formula is C16H24BF3N2O4. The number of carbonyl (C=O) groups excluding carboxylic acids is 1. The van der Waals surface area contributed by atoms with Crippen LogP contribution in [0.4, 0.5) is 13.2 Å². The van der Waals surface area contributed by atoms with Crippen molar-refractivity contribution in [2.75, 3.05) is 6.61 Å².